The Hall–Kier alpha value is -3.03. The van der Waals surface area contributed by atoms with Crippen molar-refractivity contribution >= 4 is 17.8 Å². The lowest BCUT2D eigenvalue weighted by Gasteiger charge is -2.34. The third kappa shape index (κ3) is 4.14. The lowest BCUT2D eigenvalue weighted by atomic mass is 10.1. The standard InChI is InChI=1S/C18H19FN4O3/c1-13(24)26-12-17(25)22-6-8-23(9-7-22)18-20-10-14(11-21-18)15-4-2-3-5-16(15)19/h2-5,10-11H,6-9,12H2,1H3. The summed E-state index contributed by atoms with van der Waals surface area (Å²) < 4.78 is 18.6. The quantitative estimate of drug-likeness (QED) is 0.771. The zero-order valence-corrected chi connectivity index (χ0v) is 14.4. The van der Waals surface area contributed by atoms with E-state index in [1.165, 1.54) is 13.0 Å². The van der Waals surface area contributed by atoms with E-state index in [1.54, 1.807) is 35.5 Å². The molecule has 1 aliphatic heterocycles. The van der Waals surface area contributed by atoms with Crippen molar-refractivity contribution in [3.63, 3.8) is 0 Å². The molecule has 0 bridgehead atoms. The number of esters is 1. The van der Waals surface area contributed by atoms with Gasteiger partial charge in [0.25, 0.3) is 5.91 Å². The molecule has 2 heterocycles. The minimum Gasteiger partial charge on any atom is -0.456 e. The molecule has 8 heteroatoms. The number of amides is 1. The van der Waals surface area contributed by atoms with Crippen LogP contribution in [0.2, 0.25) is 0 Å². The highest BCUT2D eigenvalue weighted by atomic mass is 19.1. The first-order valence-electron chi connectivity index (χ1n) is 8.27. The number of benzene rings is 1. The molecule has 0 N–H and O–H groups in total. The average Bonchev–Trinajstić information content (AvgIpc) is 2.67. The molecule has 0 unspecified atom stereocenters. The number of carbonyl (C=O) groups excluding carboxylic acids is 2. The fraction of sp³-hybridized carbons (Fsp3) is 0.333. The maximum Gasteiger partial charge on any atom is 0.303 e. The summed E-state index contributed by atoms with van der Waals surface area (Å²) >= 11 is 0. The summed E-state index contributed by atoms with van der Waals surface area (Å²) in [7, 11) is 0. The van der Waals surface area contributed by atoms with Crippen molar-refractivity contribution in [2.24, 2.45) is 0 Å². The summed E-state index contributed by atoms with van der Waals surface area (Å²) in [6.07, 6.45) is 3.19. The van der Waals surface area contributed by atoms with Gasteiger partial charge in [0.05, 0.1) is 0 Å². The zero-order chi connectivity index (χ0) is 18.5. The van der Waals surface area contributed by atoms with Crippen LogP contribution in [-0.4, -0.2) is 59.5 Å². The molecule has 1 amide bonds. The number of rotatable bonds is 4. The summed E-state index contributed by atoms with van der Waals surface area (Å²) in [5, 5.41) is 0. The molecule has 1 aromatic carbocycles. The number of aromatic nitrogens is 2. The Bertz CT molecular complexity index is 789. The predicted molar refractivity (Wildman–Crippen MR) is 92.9 cm³/mol. The number of ether oxygens (including phenoxy) is 1. The van der Waals surface area contributed by atoms with Gasteiger partial charge in [-0.2, -0.15) is 0 Å². The van der Waals surface area contributed by atoms with E-state index < -0.39 is 5.97 Å². The first-order chi connectivity index (χ1) is 12.5. The van der Waals surface area contributed by atoms with Crippen molar-refractivity contribution in [2.75, 3.05) is 37.7 Å². The minimum atomic E-state index is -0.472. The summed E-state index contributed by atoms with van der Waals surface area (Å²) in [6.45, 7) is 3.18. The molecular formula is C18H19FN4O3. The first-order valence-corrected chi connectivity index (χ1v) is 8.27. The van der Waals surface area contributed by atoms with Gasteiger partial charge in [-0.1, -0.05) is 18.2 Å². The van der Waals surface area contributed by atoms with Crippen LogP contribution in [0, 0.1) is 5.82 Å². The van der Waals surface area contributed by atoms with Gasteiger partial charge in [-0.25, -0.2) is 14.4 Å². The van der Waals surface area contributed by atoms with Gasteiger partial charge in [-0.3, -0.25) is 9.59 Å². The number of hydrogen-bond acceptors (Lipinski definition) is 6. The SMILES string of the molecule is CC(=O)OCC(=O)N1CCN(c2ncc(-c3ccccc3F)cn2)CC1. The Morgan fingerprint density at radius 2 is 1.77 bits per heavy atom. The Morgan fingerprint density at radius 3 is 2.38 bits per heavy atom. The zero-order valence-electron chi connectivity index (χ0n) is 14.4. The fourth-order valence-corrected chi connectivity index (χ4v) is 2.73. The van der Waals surface area contributed by atoms with Gasteiger partial charge in [-0.05, 0) is 6.07 Å². The van der Waals surface area contributed by atoms with E-state index in [0.29, 0.717) is 43.3 Å². The highest BCUT2D eigenvalue weighted by Crippen LogP contribution is 2.22. The third-order valence-electron chi connectivity index (χ3n) is 4.14. The van der Waals surface area contributed by atoms with Gasteiger partial charge in [0.15, 0.2) is 6.61 Å². The summed E-state index contributed by atoms with van der Waals surface area (Å²) in [4.78, 5) is 35.0. The van der Waals surface area contributed by atoms with Crippen molar-refractivity contribution in [2.45, 2.75) is 6.92 Å². The van der Waals surface area contributed by atoms with E-state index >= 15 is 0 Å². The minimum absolute atomic E-state index is 0.212. The van der Waals surface area contributed by atoms with Crippen LogP contribution in [0.3, 0.4) is 0 Å². The number of piperazine rings is 1. The van der Waals surface area contributed by atoms with Crippen LogP contribution in [0.25, 0.3) is 11.1 Å². The average molecular weight is 358 g/mol. The highest BCUT2D eigenvalue weighted by molar-refractivity contribution is 5.80. The van der Waals surface area contributed by atoms with Gasteiger partial charge >= 0.3 is 5.97 Å². The number of halogens is 1. The van der Waals surface area contributed by atoms with Gasteiger partial charge in [0, 0.05) is 56.6 Å². The van der Waals surface area contributed by atoms with Crippen LogP contribution >= 0.6 is 0 Å². The van der Waals surface area contributed by atoms with Gasteiger partial charge in [0.2, 0.25) is 5.95 Å². The second-order valence-corrected chi connectivity index (χ2v) is 5.90. The van der Waals surface area contributed by atoms with Crippen LogP contribution in [0.5, 0.6) is 0 Å². The van der Waals surface area contributed by atoms with Crippen molar-refractivity contribution in [1.82, 2.24) is 14.9 Å². The van der Waals surface area contributed by atoms with Crippen LogP contribution in [-0.2, 0) is 14.3 Å². The Morgan fingerprint density at radius 1 is 1.12 bits per heavy atom. The summed E-state index contributed by atoms with van der Waals surface area (Å²) in [5.74, 6) is -0.461. The molecule has 1 fully saturated rings. The lowest BCUT2D eigenvalue weighted by Crippen LogP contribution is -2.50. The largest absolute Gasteiger partial charge is 0.456 e. The topological polar surface area (TPSA) is 75.6 Å². The predicted octanol–water partition coefficient (Wildman–Crippen LogP) is 1.49. The maximum absolute atomic E-state index is 13.8. The number of carbonyl (C=O) groups is 2. The smallest absolute Gasteiger partial charge is 0.303 e. The van der Waals surface area contributed by atoms with Crippen molar-refractivity contribution in [3.8, 4) is 11.1 Å². The van der Waals surface area contributed by atoms with E-state index in [4.69, 9.17) is 4.74 Å². The molecule has 1 aliphatic rings. The summed E-state index contributed by atoms with van der Waals surface area (Å²) in [6, 6.07) is 6.48. The molecule has 26 heavy (non-hydrogen) atoms. The van der Waals surface area contributed by atoms with E-state index in [-0.39, 0.29) is 18.3 Å². The van der Waals surface area contributed by atoms with Crippen molar-refractivity contribution in [3.05, 3.63) is 42.5 Å². The molecular weight excluding hydrogens is 339 g/mol. The molecule has 1 saturated heterocycles. The Labute approximate surface area is 150 Å². The van der Waals surface area contributed by atoms with Gasteiger partial charge < -0.3 is 14.5 Å². The normalized spacial score (nSPS) is 14.2. The second kappa shape index (κ2) is 7.90. The Balaban J connectivity index is 1.59. The highest BCUT2D eigenvalue weighted by Gasteiger charge is 2.23. The van der Waals surface area contributed by atoms with E-state index in [0.717, 1.165) is 0 Å². The van der Waals surface area contributed by atoms with Crippen LogP contribution in [0.15, 0.2) is 36.7 Å². The lowest BCUT2D eigenvalue weighted by molar-refractivity contribution is -0.150. The molecule has 0 spiro atoms. The molecule has 0 radical (unpaired) electrons. The Kier molecular flexibility index (Phi) is 5.40. The number of nitrogens with zero attached hydrogens (tertiary/aromatic N) is 4. The second-order valence-electron chi connectivity index (χ2n) is 5.90. The van der Waals surface area contributed by atoms with E-state index in [2.05, 4.69) is 9.97 Å². The number of anilines is 1. The molecule has 136 valence electrons. The maximum atomic E-state index is 13.8. The first kappa shape index (κ1) is 17.8. The molecule has 2 aromatic rings. The third-order valence-corrected chi connectivity index (χ3v) is 4.14. The van der Waals surface area contributed by atoms with Crippen LogP contribution in [0.4, 0.5) is 10.3 Å². The fourth-order valence-electron chi connectivity index (χ4n) is 2.73. The number of hydrogen-bond donors (Lipinski definition) is 0. The molecule has 1 aromatic heterocycles. The van der Waals surface area contributed by atoms with E-state index in [9.17, 15) is 14.0 Å². The summed E-state index contributed by atoms with van der Waals surface area (Å²) in [5.41, 5.74) is 1.07. The monoisotopic (exact) mass is 358 g/mol. The molecule has 0 saturated carbocycles. The van der Waals surface area contributed by atoms with Crippen molar-refractivity contribution in [1.29, 1.82) is 0 Å². The van der Waals surface area contributed by atoms with Crippen LogP contribution in [0.1, 0.15) is 6.92 Å². The van der Waals surface area contributed by atoms with E-state index in [1.807, 2.05) is 4.90 Å². The molecule has 3 rings (SSSR count). The van der Waals surface area contributed by atoms with Crippen LogP contribution < -0.4 is 4.90 Å². The molecule has 0 aliphatic carbocycles. The molecule has 7 nitrogen and oxygen atoms in total. The van der Waals surface area contributed by atoms with Gasteiger partial charge in [0.1, 0.15) is 5.82 Å². The van der Waals surface area contributed by atoms with Crippen molar-refractivity contribution < 1.29 is 18.7 Å². The molecule has 0 atom stereocenters. The van der Waals surface area contributed by atoms with Gasteiger partial charge in [-0.15, -0.1) is 0 Å².